The molecule has 1 atom stereocenters. The zero-order chi connectivity index (χ0) is 13.5. The van der Waals surface area contributed by atoms with E-state index in [1.54, 1.807) is 0 Å². The summed E-state index contributed by atoms with van der Waals surface area (Å²) in [4.78, 5) is 2.67. The maximum atomic E-state index is 3.65. The van der Waals surface area contributed by atoms with Gasteiger partial charge in [-0.1, -0.05) is 57.0 Å². The van der Waals surface area contributed by atoms with Crippen LogP contribution < -0.4 is 5.32 Å². The van der Waals surface area contributed by atoms with Gasteiger partial charge in [-0.2, -0.15) is 0 Å². The normalized spacial score (nSPS) is 18.1. The molecule has 2 nitrogen and oxygen atoms in total. The molecular weight excluding hydrogens is 232 g/mol. The summed E-state index contributed by atoms with van der Waals surface area (Å²) in [5, 5.41) is 3.65. The van der Waals surface area contributed by atoms with Crippen LogP contribution in [-0.4, -0.2) is 30.6 Å². The maximum absolute atomic E-state index is 3.65. The zero-order valence-electron chi connectivity index (χ0n) is 12.4. The highest BCUT2D eigenvalue weighted by atomic mass is 15.2. The highest BCUT2D eigenvalue weighted by Crippen LogP contribution is 2.25. The van der Waals surface area contributed by atoms with E-state index in [-0.39, 0.29) is 0 Å². The molecule has 0 saturated heterocycles. The summed E-state index contributed by atoms with van der Waals surface area (Å²) >= 11 is 0. The molecule has 1 unspecified atom stereocenters. The quantitative estimate of drug-likeness (QED) is 0.806. The summed E-state index contributed by atoms with van der Waals surface area (Å²) in [6, 6.07) is 12.2. The molecule has 2 heteroatoms. The highest BCUT2D eigenvalue weighted by molar-refractivity contribution is 5.19. The molecule has 0 bridgehead atoms. The Hall–Kier alpha value is -0.860. The van der Waals surface area contributed by atoms with Gasteiger partial charge >= 0.3 is 0 Å². The first-order valence-corrected chi connectivity index (χ1v) is 7.87. The van der Waals surface area contributed by atoms with Crippen LogP contribution in [0.25, 0.3) is 0 Å². The molecule has 2 rings (SSSR count). The molecule has 1 N–H and O–H groups in total. The molecule has 1 aliphatic carbocycles. The lowest BCUT2D eigenvalue weighted by molar-refractivity contribution is 0.187. The lowest BCUT2D eigenvalue weighted by Crippen LogP contribution is -2.40. The molecule has 19 heavy (non-hydrogen) atoms. The predicted molar refractivity (Wildman–Crippen MR) is 82.4 cm³/mol. The van der Waals surface area contributed by atoms with Crippen molar-refractivity contribution in [1.29, 1.82) is 0 Å². The third-order valence-electron chi connectivity index (χ3n) is 4.32. The summed E-state index contributed by atoms with van der Waals surface area (Å²) in [5.41, 5.74) is 1.42. The summed E-state index contributed by atoms with van der Waals surface area (Å²) in [6.45, 7) is 7.83. The number of hydrogen-bond donors (Lipinski definition) is 1. The molecule has 1 fully saturated rings. The van der Waals surface area contributed by atoms with Gasteiger partial charge in [-0.05, 0) is 31.5 Å². The summed E-state index contributed by atoms with van der Waals surface area (Å²) in [5.74, 6) is 0. The fourth-order valence-electron chi connectivity index (χ4n) is 3.26. The minimum Gasteiger partial charge on any atom is -0.309 e. The molecule has 0 spiro atoms. The van der Waals surface area contributed by atoms with E-state index in [2.05, 4.69) is 54.4 Å². The topological polar surface area (TPSA) is 15.3 Å². The van der Waals surface area contributed by atoms with Crippen LogP contribution in [0.3, 0.4) is 0 Å². The number of rotatable bonds is 7. The Morgan fingerprint density at radius 1 is 1.16 bits per heavy atom. The van der Waals surface area contributed by atoms with E-state index in [9.17, 15) is 0 Å². The lowest BCUT2D eigenvalue weighted by Gasteiger charge is -2.32. The van der Waals surface area contributed by atoms with E-state index in [0.29, 0.717) is 6.04 Å². The first kappa shape index (κ1) is 14.5. The number of likely N-dealkylation sites (N-methyl/N-ethyl adjacent to an activating group) is 2. The minimum atomic E-state index is 0.465. The molecule has 0 amide bonds. The molecular formula is C17H28N2. The Kier molecular flexibility index (Phi) is 5.87. The van der Waals surface area contributed by atoms with Crippen LogP contribution in [0.5, 0.6) is 0 Å². The van der Waals surface area contributed by atoms with E-state index in [0.717, 1.165) is 19.1 Å². The number of nitrogens with zero attached hydrogens (tertiary/aromatic N) is 1. The van der Waals surface area contributed by atoms with Crippen LogP contribution >= 0.6 is 0 Å². The number of nitrogens with one attached hydrogen (secondary N) is 1. The van der Waals surface area contributed by atoms with Gasteiger partial charge in [0.2, 0.25) is 0 Å². The first-order valence-electron chi connectivity index (χ1n) is 7.87. The van der Waals surface area contributed by atoms with Crippen molar-refractivity contribution in [2.75, 3.05) is 19.6 Å². The van der Waals surface area contributed by atoms with Crippen molar-refractivity contribution >= 4 is 0 Å². The van der Waals surface area contributed by atoms with Crippen molar-refractivity contribution < 1.29 is 0 Å². The third-order valence-corrected chi connectivity index (χ3v) is 4.32. The number of hydrogen-bond acceptors (Lipinski definition) is 2. The smallest absolute Gasteiger partial charge is 0.0449 e. The lowest BCUT2D eigenvalue weighted by atomic mass is 10.0. The average molecular weight is 260 g/mol. The van der Waals surface area contributed by atoms with Crippen LogP contribution in [0.1, 0.15) is 51.1 Å². The van der Waals surface area contributed by atoms with E-state index in [1.807, 2.05) is 0 Å². The van der Waals surface area contributed by atoms with Crippen molar-refractivity contribution in [2.24, 2.45) is 0 Å². The van der Waals surface area contributed by atoms with Crippen molar-refractivity contribution in [2.45, 2.75) is 51.6 Å². The van der Waals surface area contributed by atoms with Crippen molar-refractivity contribution in [3.8, 4) is 0 Å². The van der Waals surface area contributed by atoms with Crippen molar-refractivity contribution in [3.05, 3.63) is 35.9 Å². The summed E-state index contributed by atoms with van der Waals surface area (Å²) in [6.07, 6.45) is 5.61. The Morgan fingerprint density at radius 2 is 1.84 bits per heavy atom. The van der Waals surface area contributed by atoms with Gasteiger partial charge < -0.3 is 5.32 Å². The number of benzene rings is 1. The van der Waals surface area contributed by atoms with Gasteiger partial charge in [-0.3, -0.25) is 4.90 Å². The molecule has 0 aromatic heterocycles. The van der Waals surface area contributed by atoms with Gasteiger partial charge in [0.25, 0.3) is 0 Å². The van der Waals surface area contributed by atoms with Gasteiger partial charge in [-0.25, -0.2) is 0 Å². The van der Waals surface area contributed by atoms with E-state index in [4.69, 9.17) is 0 Å². The Bertz CT molecular complexity index is 344. The average Bonchev–Trinajstić information content (AvgIpc) is 2.98. The highest BCUT2D eigenvalue weighted by Gasteiger charge is 2.24. The molecule has 1 aromatic carbocycles. The largest absolute Gasteiger partial charge is 0.309 e. The van der Waals surface area contributed by atoms with Crippen molar-refractivity contribution in [1.82, 2.24) is 10.2 Å². The molecule has 1 aromatic rings. The van der Waals surface area contributed by atoms with Crippen LogP contribution in [0.15, 0.2) is 30.3 Å². The second-order valence-electron chi connectivity index (χ2n) is 5.55. The van der Waals surface area contributed by atoms with Gasteiger partial charge in [0.15, 0.2) is 0 Å². The van der Waals surface area contributed by atoms with E-state index >= 15 is 0 Å². The molecule has 0 heterocycles. The fraction of sp³-hybridized carbons (Fsp3) is 0.647. The Labute approximate surface area is 118 Å². The fourth-order valence-corrected chi connectivity index (χ4v) is 3.26. The Morgan fingerprint density at radius 3 is 2.42 bits per heavy atom. The SMILES string of the molecule is CCNC(CN(CC)C1CCCC1)c1ccccc1. The van der Waals surface area contributed by atoms with Gasteiger partial charge in [0, 0.05) is 18.6 Å². The first-order chi connectivity index (χ1) is 9.35. The maximum Gasteiger partial charge on any atom is 0.0449 e. The minimum absolute atomic E-state index is 0.465. The van der Waals surface area contributed by atoms with Crippen LogP contribution in [0.2, 0.25) is 0 Å². The van der Waals surface area contributed by atoms with Gasteiger partial charge in [0.1, 0.15) is 0 Å². The monoisotopic (exact) mass is 260 g/mol. The zero-order valence-corrected chi connectivity index (χ0v) is 12.4. The summed E-state index contributed by atoms with van der Waals surface area (Å²) in [7, 11) is 0. The molecule has 0 radical (unpaired) electrons. The molecule has 0 aliphatic heterocycles. The van der Waals surface area contributed by atoms with Gasteiger partial charge in [-0.15, -0.1) is 0 Å². The molecule has 1 saturated carbocycles. The van der Waals surface area contributed by atoms with E-state index < -0.39 is 0 Å². The predicted octanol–water partition coefficient (Wildman–Crippen LogP) is 3.60. The second kappa shape index (κ2) is 7.66. The third kappa shape index (κ3) is 4.05. The Balaban J connectivity index is 2.02. The second-order valence-corrected chi connectivity index (χ2v) is 5.55. The molecule has 1 aliphatic rings. The van der Waals surface area contributed by atoms with Gasteiger partial charge in [0.05, 0.1) is 0 Å². The van der Waals surface area contributed by atoms with E-state index in [1.165, 1.54) is 37.8 Å². The standard InChI is InChI=1S/C17H28N2/c1-3-18-17(15-10-6-5-7-11-15)14-19(4-2)16-12-8-9-13-16/h5-7,10-11,16-18H,3-4,8-9,12-14H2,1-2H3. The van der Waals surface area contributed by atoms with Crippen LogP contribution in [-0.2, 0) is 0 Å². The molecule has 106 valence electrons. The van der Waals surface area contributed by atoms with Crippen molar-refractivity contribution in [3.63, 3.8) is 0 Å². The van der Waals surface area contributed by atoms with Crippen LogP contribution in [0, 0.1) is 0 Å². The summed E-state index contributed by atoms with van der Waals surface area (Å²) < 4.78 is 0. The van der Waals surface area contributed by atoms with Crippen LogP contribution in [0.4, 0.5) is 0 Å².